The van der Waals surface area contributed by atoms with Crippen LogP contribution >= 0.6 is 0 Å². The molecule has 2 rings (SSSR count). The minimum absolute atomic E-state index is 0.140. The van der Waals surface area contributed by atoms with Gasteiger partial charge in [0.1, 0.15) is 10.8 Å². The molecule has 1 unspecified atom stereocenters. The molecular formula is C12H12N2O5S. The van der Waals surface area contributed by atoms with E-state index in [0.29, 0.717) is 5.39 Å². The molecule has 0 fully saturated rings. The van der Waals surface area contributed by atoms with E-state index >= 15 is 0 Å². The maximum absolute atomic E-state index is 12.2. The number of carbonyl (C=O) groups is 1. The van der Waals surface area contributed by atoms with E-state index in [2.05, 4.69) is 4.98 Å². The Morgan fingerprint density at radius 2 is 2.05 bits per heavy atom. The van der Waals surface area contributed by atoms with Gasteiger partial charge < -0.3 is 4.98 Å². The largest absolute Gasteiger partial charge is 0.355 e. The van der Waals surface area contributed by atoms with Crippen LogP contribution in [0.3, 0.4) is 0 Å². The standard InChI is InChI=1S/C12H12N2O5S/c1-7(20(2,18)19)12(15)9-6-13-11-8(9)4-3-5-10(11)14(16)17/h3-7,13H,1-2H3. The number of nitrogens with one attached hydrogen (secondary N) is 1. The summed E-state index contributed by atoms with van der Waals surface area (Å²) in [6.07, 6.45) is 2.29. The molecule has 0 amide bonds. The van der Waals surface area contributed by atoms with Gasteiger partial charge in [0.15, 0.2) is 15.6 Å². The number of nitrogens with zero attached hydrogens (tertiary/aromatic N) is 1. The van der Waals surface area contributed by atoms with Crippen LogP contribution in [0.5, 0.6) is 0 Å². The third kappa shape index (κ3) is 2.29. The number of hydrogen-bond donors (Lipinski definition) is 1. The van der Waals surface area contributed by atoms with Gasteiger partial charge in [-0.25, -0.2) is 8.42 Å². The lowest BCUT2D eigenvalue weighted by Crippen LogP contribution is -2.26. The average Bonchev–Trinajstić information content (AvgIpc) is 2.79. The predicted octanol–water partition coefficient (Wildman–Crippen LogP) is 1.69. The second-order valence-corrected chi connectivity index (χ2v) is 6.86. The third-order valence-electron chi connectivity index (χ3n) is 3.17. The number of nitro benzene ring substituents is 1. The maximum atomic E-state index is 12.2. The molecule has 0 aliphatic heterocycles. The maximum Gasteiger partial charge on any atom is 0.293 e. The van der Waals surface area contributed by atoms with E-state index in [9.17, 15) is 23.3 Å². The highest BCUT2D eigenvalue weighted by Gasteiger charge is 2.28. The van der Waals surface area contributed by atoms with Gasteiger partial charge in [0, 0.05) is 29.5 Å². The number of sulfone groups is 1. The average molecular weight is 296 g/mol. The lowest BCUT2D eigenvalue weighted by atomic mass is 10.1. The molecule has 1 heterocycles. The Balaban J connectivity index is 2.61. The number of carbonyl (C=O) groups excluding carboxylic acids is 1. The molecule has 1 aromatic carbocycles. The molecule has 1 atom stereocenters. The highest BCUT2D eigenvalue weighted by atomic mass is 32.2. The SMILES string of the molecule is CC(C(=O)c1c[nH]c2c([N+](=O)[O-])cccc12)S(C)(=O)=O. The Morgan fingerprint density at radius 1 is 1.40 bits per heavy atom. The van der Waals surface area contributed by atoms with E-state index in [0.717, 1.165) is 6.26 Å². The van der Waals surface area contributed by atoms with Crippen molar-refractivity contribution in [3.63, 3.8) is 0 Å². The van der Waals surface area contributed by atoms with Crippen LogP contribution in [-0.2, 0) is 9.84 Å². The Kier molecular flexibility index (Phi) is 3.34. The first kappa shape index (κ1) is 14.2. The fourth-order valence-electron chi connectivity index (χ4n) is 1.91. The van der Waals surface area contributed by atoms with Gasteiger partial charge in [-0.05, 0) is 6.92 Å². The number of fused-ring (bicyclic) bond motifs is 1. The van der Waals surface area contributed by atoms with Crippen LogP contribution in [0.2, 0.25) is 0 Å². The van der Waals surface area contributed by atoms with Gasteiger partial charge in [-0.1, -0.05) is 12.1 Å². The van der Waals surface area contributed by atoms with Crippen LogP contribution in [0.1, 0.15) is 17.3 Å². The first-order valence-corrected chi connectivity index (χ1v) is 7.66. The zero-order valence-electron chi connectivity index (χ0n) is 10.8. The number of aromatic nitrogens is 1. The first-order valence-electron chi connectivity index (χ1n) is 5.71. The summed E-state index contributed by atoms with van der Waals surface area (Å²) in [5.74, 6) is -0.584. The Hall–Kier alpha value is -2.22. The summed E-state index contributed by atoms with van der Waals surface area (Å²) in [7, 11) is -3.52. The first-order chi connectivity index (χ1) is 9.23. The topological polar surface area (TPSA) is 110 Å². The van der Waals surface area contributed by atoms with E-state index in [1.54, 1.807) is 6.07 Å². The molecule has 106 valence electrons. The molecular weight excluding hydrogens is 284 g/mol. The highest BCUT2D eigenvalue weighted by Crippen LogP contribution is 2.28. The minimum Gasteiger partial charge on any atom is -0.355 e. The zero-order valence-corrected chi connectivity index (χ0v) is 11.6. The Bertz CT molecular complexity index is 806. The van der Waals surface area contributed by atoms with Gasteiger partial charge in [-0.2, -0.15) is 0 Å². The van der Waals surface area contributed by atoms with Crippen molar-refractivity contribution in [2.24, 2.45) is 0 Å². The molecule has 7 nitrogen and oxygen atoms in total. The quantitative estimate of drug-likeness (QED) is 0.524. The molecule has 8 heteroatoms. The predicted molar refractivity (Wildman–Crippen MR) is 73.6 cm³/mol. The smallest absolute Gasteiger partial charge is 0.293 e. The number of benzene rings is 1. The zero-order chi connectivity index (χ0) is 15.1. The number of non-ortho nitro benzene ring substituents is 1. The van der Waals surface area contributed by atoms with Crippen LogP contribution in [0.25, 0.3) is 10.9 Å². The normalized spacial score (nSPS) is 13.3. The van der Waals surface area contributed by atoms with Crippen molar-refractivity contribution in [2.45, 2.75) is 12.2 Å². The third-order valence-corrected chi connectivity index (χ3v) is 4.67. The summed E-state index contributed by atoms with van der Waals surface area (Å²) in [6.45, 7) is 1.30. The van der Waals surface area contributed by atoms with Crippen molar-refractivity contribution in [3.8, 4) is 0 Å². The van der Waals surface area contributed by atoms with E-state index in [1.807, 2.05) is 0 Å². The summed E-state index contributed by atoms with van der Waals surface area (Å²) in [6, 6.07) is 4.31. The number of ketones is 1. The molecule has 1 N–H and O–H groups in total. The fraction of sp³-hybridized carbons (Fsp3) is 0.250. The van der Waals surface area contributed by atoms with Gasteiger partial charge in [0.25, 0.3) is 5.69 Å². The molecule has 0 radical (unpaired) electrons. The molecule has 0 saturated carbocycles. The number of aromatic amines is 1. The van der Waals surface area contributed by atoms with Gasteiger partial charge >= 0.3 is 0 Å². The lowest BCUT2D eigenvalue weighted by Gasteiger charge is -2.07. The molecule has 1 aromatic heterocycles. The number of Topliss-reactive ketones (excluding diaryl/α,β-unsaturated/α-hetero) is 1. The number of nitro groups is 1. The van der Waals surface area contributed by atoms with Crippen molar-refractivity contribution in [1.29, 1.82) is 0 Å². The van der Waals surface area contributed by atoms with Crippen LogP contribution in [0.4, 0.5) is 5.69 Å². The Labute approximate surface area is 114 Å². The number of rotatable bonds is 4. The molecule has 0 aliphatic rings. The molecule has 20 heavy (non-hydrogen) atoms. The van der Waals surface area contributed by atoms with Gasteiger partial charge in [0.2, 0.25) is 0 Å². The van der Waals surface area contributed by atoms with Crippen LogP contribution in [0, 0.1) is 10.1 Å². The van der Waals surface area contributed by atoms with Crippen molar-refractivity contribution in [1.82, 2.24) is 4.98 Å². The monoisotopic (exact) mass is 296 g/mol. The highest BCUT2D eigenvalue weighted by molar-refractivity contribution is 7.92. The molecule has 0 saturated heterocycles. The molecule has 0 aliphatic carbocycles. The summed E-state index contributed by atoms with van der Waals surface area (Å²) in [5.41, 5.74) is 0.191. The van der Waals surface area contributed by atoms with E-state index in [4.69, 9.17) is 0 Å². The van der Waals surface area contributed by atoms with Crippen molar-refractivity contribution in [3.05, 3.63) is 40.1 Å². The number of H-pyrrole nitrogens is 1. The molecule has 2 aromatic rings. The van der Waals surface area contributed by atoms with Gasteiger partial charge in [-0.3, -0.25) is 14.9 Å². The van der Waals surface area contributed by atoms with Crippen LogP contribution < -0.4 is 0 Å². The van der Waals surface area contributed by atoms with Crippen molar-refractivity contribution in [2.75, 3.05) is 6.26 Å². The summed E-state index contributed by atoms with van der Waals surface area (Å²) < 4.78 is 22.9. The van der Waals surface area contributed by atoms with Gasteiger partial charge in [0.05, 0.1) is 4.92 Å². The fourth-order valence-corrected chi connectivity index (χ4v) is 2.42. The lowest BCUT2D eigenvalue weighted by molar-refractivity contribution is -0.383. The van der Waals surface area contributed by atoms with Crippen molar-refractivity contribution < 1.29 is 18.1 Å². The van der Waals surface area contributed by atoms with Crippen LogP contribution in [-0.4, -0.2) is 35.6 Å². The summed E-state index contributed by atoms with van der Waals surface area (Å²) in [4.78, 5) is 25.2. The van der Waals surface area contributed by atoms with Crippen molar-refractivity contribution >= 4 is 32.2 Å². The van der Waals surface area contributed by atoms with Crippen LogP contribution in [0.15, 0.2) is 24.4 Å². The van der Waals surface area contributed by atoms with E-state index < -0.39 is 25.8 Å². The molecule has 0 bridgehead atoms. The van der Waals surface area contributed by atoms with Gasteiger partial charge in [-0.15, -0.1) is 0 Å². The Morgan fingerprint density at radius 3 is 2.60 bits per heavy atom. The second-order valence-electron chi connectivity index (χ2n) is 4.50. The molecule has 0 spiro atoms. The number of hydrogen-bond acceptors (Lipinski definition) is 5. The van der Waals surface area contributed by atoms with E-state index in [1.165, 1.54) is 25.3 Å². The second kappa shape index (κ2) is 4.71. The summed E-state index contributed by atoms with van der Waals surface area (Å²) in [5, 5.41) is 10.0. The number of para-hydroxylation sites is 1. The summed E-state index contributed by atoms with van der Waals surface area (Å²) >= 11 is 0. The minimum atomic E-state index is -3.52. The van der Waals surface area contributed by atoms with E-state index in [-0.39, 0.29) is 16.8 Å².